The molecule has 0 bridgehead atoms. The first-order valence-electron chi connectivity index (χ1n) is 10.4. The second-order valence-corrected chi connectivity index (χ2v) is 8.93. The van der Waals surface area contributed by atoms with Crippen LogP contribution in [0.3, 0.4) is 0 Å². The van der Waals surface area contributed by atoms with E-state index in [1.807, 2.05) is 30.5 Å². The van der Waals surface area contributed by atoms with Crippen molar-refractivity contribution in [2.75, 3.05) is 26.2 Å². The minimum absolute atomic E-state index is 0.171. The summed E-state index contributed by atoms with van der Waals surface area (Å²) in [4.78, 5) is 27.5. The number of halogens is 1. The molecule has 6 nitrogen and oxygen atoms in total. The molecule has 33 heavy (non-hydrogen) atoms. The third-order valence-electron chi connectivity index (χ3n) is 5.13. The molecular formula is C25H27ClN2O4S. The highest BCUT2D eigenvalue weighted by Crippen LogP contribution is 2.24. The van der Waals surface area contributed by atoms with Gasteiger partial charge in [-0.05, 0) is 79.1 Å². The van der Waals surface area contributed by atoms with Gasteiger partial charge >= 0.3 is 0 Å². The van der Waals surface area contributed by atoms with E-state index in [2.05, 4.69) is 5.32 Å². The zero-order valence-corrected chi connectivity index (χ0v) is 20.4. The maximum absolute atomic E-state index is 13.2. The number of thioether (sulfide) groups is 1. The van der Waals surface area contributed by atoms with E-state index >= 15 is 0 Å². The number of carbonyl (C=O) groups excluding carboxylic acids is 2. The molecule has 0 aliphatic rings. The molecule has 0 aliphatic heterocycles. The van der Waals surface area contributed by atoms with Crippen molar-refractivity contribution in [2.45, 2.75) is 19.0 Å². The normalized spacial score (nSPS) is 11.6. The monoisotopic (exact) mass is 486 g/mol. The molecule has 3 aromatic rings. The standard InChI is InChI=1S/C25H27ClN2O4S/c1-28(16-21-12-13-23(32-21)17-4-8-19(26)9-5-17)25(30)22(14-15-33-3)27-24(29)18-6-10-20(31-2)11-7-18/h4-13,22H,14-16H2,1-3H3,(H,27,29)/t22-/m0/s1. The molecule has 1 atom stereocenters. The largest absolute Gasteiger partial charge is 0.497 e. The van der Waals surface area contributed by atoms with Crippen LogP contribution >= 0.6 is 23.4 Å². The average Bonchev–Trinajstić information content (AvgIpc) is 3.30. The zero-order chi connectivity index (χ0) is 23.8. The van der Waals surface area contributed by atoms with Crippen molar-refractivity contribution in [2.24, 2.45) is 0 Å². The van der Waals surface area contributed by atoms with Gasteiger partial charge in [-0.15, -0.1) is 0 Å². The molecule has 0 fully saturated rings. The molecule has 0 radical (unpaired) electrons. The van der Waals surface area contributed by atoms with Gasteiger partial charge in [-0.3, -0.25) is 9.59 Å². The van der Waals surface area contributed by atoms with Gasteiger partial charge < -0.3 is 19.4 Å². The third kappa shape index (κ3) is 6.79. The molecule has 0 unspecified atom stereocenters. The Morgan fingerprint density at radius 2 is 1.79 bits per heavy atom. The predicted molar refractivity (Wildman–Crippen MR) is 133 cm³/mol. The van der Waals surface area contributed by atoms with Crippen LogP contribution in [-0.4, -0.2) is 48.9 Å². The lowest BCUT2D eigenvalue weighted by Gasteiger charge is -2.24. The van der Waals surface area contributed by atoms with Crippen molar-refractivity contribution in [3.8, 4) is 17.1 Å². The summed E-state index contributed by atoms with van der Waals surface area (Å²) in [5, 5.41) is 3.54. The summed E-state index contributed by atoms with van der Waals surface area (Å²) < 4.78 is 11.1. The molecule has 174 valence electrons. The van der Waals surface area contributed by atoms with Crippen LogP contribution in [0.25, 0.3) is 11.3 Å². The van der Waals surface area contributed by atoms with Crippen LogP contribution in [0, 0.1) is 0 Å². The number of nitrogens with one attached hydrogen (secondary N) is 1. The number of rotatable bonds is 10. The molecule has 0 saturated heterocycles. The van der Waals surface area contributed by atoms with Crippen LogP contribution in [0.5, 0.6) is 5.75 Å². The Kier molecular flexibility index (Phi) is 8.86. The number of hydrogen-bond acceptors (Lipinski definition) is 5. The third-order valence-corrected chi connectivity index (χ3v) is 6.02. The number of methoxy groups -OCH3 is 1. The zero-order valence-electron chi connectivity index (χ0n) is 18.8. The maximum atomic E-state index is 13.2. The summed E-state index contributed by atoms with van der Waals surface area (Å²) >= 11 is 7.58. The van der Waals surface area contributed by atoms with E-state index in [9.17, 15) is 9.59 Å². The van der Waals surface area contributed by atoms with Gasteiger partial charge in [0.15, 0.2) is 0 Å². The Hall–Kier alpha value is -2.90. The Balaban J connectivity index is 1.66. The number of amides is 2. The first kappa shape index (κ1) is 24.7. The van der Waals surface area contributed by atoms with E-state index in [4.69, 9.17) is 20.8 Å². The molecule has 2 aromatic carbocycles. The summed E-state index contributed by atoms with van der Waals surface area (Å²) in [5.74, 6) is 2.30. The van der Waals surface area contributed by atoms with Crippen molar-refractivity contribution < 1.29 is 18.7 Å². The van der Waals surface area contributed by atoms with E-state index in [1.54, 1.807) is 67.2 Å². The van der Waals surface area contributed by atoms with E-state index < -0.39 is 6.04 Å². The number of furan rings is 1. The number of likely N-dealkylation sites (N-methyl/N-ethyl adjacent to an activating group) is 1. The SMILES string of the molecule is COc1ccc(C(=O)N[C@@H](CCSC)C(=O)N(C)Cc2ccc(-c3ccc(Cl)cc3)o2)cc1. The smallest absolute Gasteiger partial charge is 0.251 e. The summed E-state index contributed by atoms with van der Waals surface area (Å²) in [6, 6.07) is 17.2. The van der Waals surface area contributed by atoms with Crippen LogP contribution in [0.1, 0.15) is 22.5 Å². The fourth-order valence-electron chi connectivity index (χ4n) is 3.29. The number of ether oxygens (including phenoxy) is 1. The van der Waals surface area contributed by atoms with Crippen LogP contribution in [-0.2, 0) is 11.3 Å². The quantitative estimate of drug-likeness (QED) is 0.430. The highest BCUT2D eigenvalue weighted by molar-refractivity contribution is 7.98. The maximum Gasteiger partial charge on any atom is 0.251 e. The van der Waals surface area contributed by atoms with Crippen molar-refractivity contribution in [3.05, 3.63) is 77.0 Å². The van der Waals surface area contributed by atoms with E-state index in [0.29, 0.717) is 40.8 Å². The van der Waals surface area contributed by atoms with Crippen LogP contribution in [0.15, 0.2) is 65.1 Å². The van der Waals surface area contributed by atoms with Crippen molar-refractivity contribution in [1.82, 2.24) is 10.2 Å². The topological polar surface area (TPSA) is 71.8 Å². The van der Waals surface area contributed by atoms with Crippen molar-refractivity contribution in [3.63, 3.8) is 0 Å². The average molecular weight is 487 g/mol. The van der Waals surface area contributed by atoms with E-state index in [0.717, 1.165) is 11.3 Å². The molecule has 1 heterocycles. The summed E-state index contributed by atoms with van der Waals surface area (Å²) in [7, 11) is 3.28. The second kappa shape index (κ2) is 11.8. The van der Waals surface area contributed by atoms with Crippen LogP contribution in [0.2, 0.25) is 5.02 Å². The summed E-state index contributed by atoms with van der Waals surface area (Å²) in [5.41, 5.74) is 1.38. The minimum Gasteiger partial charge on any atom is -0.497 e. The highest BCUT2D eigenvalue weighted by atomic mass is 35.5. The van der Waals surface area contributed by atoms with Crippen LogP contribution < -0.4 is 10.1 Å². The fraction of sp³-hybridized carbons (Fsp3) is 0.280. The fourth-order valence-corrected chi connectivity index (χ4v) is 3.88. The minimum atomic E-state index is -0.636. The number of nitrogens with zero attached hydrogens (tertiary/aromatic N) is 1. The molecule has 1 aromatic heterocycles. The first-order chi connectivity index (χ1) is 15.9. The van der Waals surface area contributed by atoms with Crippen molar-refractivity contribution in [1.29, 1.82) is 0 Å². The van der Waals surface area contributed by atoms with Gasteiger partial charge in [0.25, 0.3) is 5.91 Å². The first-order valence-corrected chi connectivity index (χ1v) is 12.2. The number of carbonyl (C=O) groups is 2. The molecule has 3 rings (SSSR count). The lowest BCUT2D eigenvalue weighted by molar-refractivity contribution is -0.132. The number of benzene rings is 2. The molecular weight excluding hydrogens is 460 g/mol. The van der Waals surface area contributed by atoms with Gasteiger partial charge in [0.1, 0.15) is 23.3 Å². The summed E-state index contributed by atoms with van der Waals surface area (Å²) in [6.45, 7) is 0.292. The summed E-state index contributed by atoms with van der Waals surface area (Å²) in [6.07, 6.45) is 2.50. The van der Waals surface area contributed by atoms with Crippen LogP contribution in [0.4, 0.5) is 0 Å². The molecule has 2 amide bonds. The molecule has 0 aliphatic carbocycles. The van der Waals surface area contributed by atoms with E-state index in [1.165, 1.54) is 0 Å². The van der Waals surface area contributed by atoms with Gasteiger partial charge in [-0.25, -0.2) is 0 Å². The molecule has 8 heteroatoms. The van der Waals surface area contributed by atoms with Gasteiger partial charge in [-0.1, -0.05) is 11.6 Å². The number of hydrogen-bond donors (Lipinski definition) is 1. The Labute approximate surface area is 203 Å². The molecule has 0 saturated carbocycles. The Morgan fingerprint density at radius 1 is 1.09 bits per heavy atom. The highest BCUT2D eigenvalue weighted by Gasteiger charge is 2.25. The lowest BCUT2D eigenvalue weighted by atomic mass is 10.1. The van der Waals surface area contributed by atoms with Crippen molar-refractivity contribution >= 4 is 35.2 Å². The van der Waals surface area contributed by atoms with Gasteiger partial charge in [0.2, 0.25) is 5.91 Å². The van der Waals surface area contributed by atoms with Gasteiger partial charge in [0.05, 0.1) is 13.7 Å². The Bertz CT molecular complexity index is 1070. The van der Waals surface area contributed by atoms with E-state index in [-0.39, 0.29) is 11.8 Å². The van der Waals surface area contributed by atoms with Gasteiger partial charge in [-0.2, -0.15) is 11.8 Å². The lowest BCUT2D eigenvalue weighted by Crippen LogP contribution is -2.47. The molecule has 1 N–H and O–H groups in total. The Morgan fingerprint density at radius 3 is 2.42 bits per heavy atom. The second-order valence-electron chi connectivity index (χ2n) is 7.50. The molecule has 0 spiro atoms. The van der Waals surface area contributed by atoms with Gasteiger partial charge in [0, 0.05) is 23.2 Å². The predicted octanol–water partition coefficient (Wildman–Crippen LogP) is 5.12.